The Bertz CT molecular complexity index is 1870. The molecule has 0 spiro atoms. The van der Waals surface area contributed by atoms with Crippen LogP contribution in [-0.2, 0) is 4.79 Å². The van der Waals surface area contributed by atoms with Crippen LogP contribution in [0.15, 0.2) is 66.9 Å². The van der Waals surface area contributed by atoms with E-state index >= 15 is 0 Å². The summed E-state index contributed by atoms with van der Waals surface area (Å²) in [4.78, 5) is 38.6. The van der Waals surface area contributed by atoms with Crippen LogP contribution in [0.1, 0.15) is 28.5 Å². The summed E-state index contributed by atoms with van der Waals surface area (Å²) in [6.45, 7) is 1.45. The fourth-order valence-electron chi connectivity index (χ4n) is 4.03. The fraction of sp³-hybridized carbons (Fsp3) is 0.0690. The van der Waals surface area contributed by atoms with Gasteiger partial charge >= 0.3 is 0 Å². The molecular formula is C29H19N7O3S. The van der Waals surface area contributed by atoms with Crippen LogP contribution in [0.2, 0.25) is 0 Å². The van der Waals surface area contributed by atoms with Gasteiger partial charge in [-0.15, -0.1) is 0 Å². The van der Waals surface area contributed by atoms with Crippen molar-refractivity contribution in [1.29, 1.82) is 10.5 Å². The highest BCUT2D eigenvalue weighted by molar-refractivity contribution is 7.22. The molecule has 0 saturated heterocycles. The van der Waals surface area contributed by atoms with Crippen LogP contribution in [0.5, 0.6) is 5.75 Å². The van der Waals surface area contributed by atoms with E-state index in [4.69, 9.17) is 4.74 Å². The third-order valence-electron chi connectivity index (χ3n) is 5.86. The van der Waals surface area contributed by atoms with Crippen molar-refractivity contribution in [2.45, 2.75) is 6.92 Å². The van der Waals surface area contributed by atoms with Crippen LogP contribution in [0.4, 0.5) is 10.8 Å². The first kappa shape index (κ1) is 26.0. The maximum absolute atomic E-state index is 13.4. The normalized spacial score (nSPS) is 10.4. The van der Waals surface area contributed by atoms with Crippen molar-refractivity contribution in [2.24, 2.45) is 0 Å². The Balaban J connectivity index is 1.46. The number of nitrogens with one attached hydrogen (secondary N) is 2. The van der Waals surface area contributed by atoms with Gasteiger partial charge in [0.05, 0.1) is 30.0 Å². The largest absolute Gasteiger partial charge is 0.496 e. The predicted molar refractivity (Wildman–Crippen MR) is 151 cm³/mol. The molecule has 194 valence electrons. The topological polar surface area (TPSA) is 154 Å². The summed E-state index contributed by atoms with van der Waals surface area (Å²) in [5.41, 5.74) is 4.40. The van der Waals surface area contributed by atoms with E-state index in [0.717, 1.165) is 5.56 Å². The number of amides is 2. The molecule has 5 aromatic rings. The van der Waals surface area contributed by atoms with E-state index in [1.54, 1.807) is 30.3 Å². The number of nitriles is 2. The Morgan fingerprint density at radius 3 is 2.42 bits per heavy atom. The number of anilines is 2. The number of aromatic nitrogens is 3. The zero-order valence-corrected chi connectivity index (χ0v) is 22.0. The van der Waals surface area contributed by atoms with Crippen molar-refractivity contribution in [3.05, 3.63) is 83.7 Å². The third kappa shape index (κ3) is 5.31. The van der Waals surface area contributed by atoms with E-state index in [9.17, 15) is 20.1 Å². The molecule has 2 aromatic carbocycles. The third-order valence-corrected chi connectivity index (χ3v) is 6.74. The zero-order valence-electron chi connectivity index (χ0n) is 21.2. The van der Waals surface area contributed by atoms with Crippen LogP contribution in [0.25, 0.3) is 32.7 Å². The van der Waals surface area contributed by atoms with E-state index in [1.807, 2.05) is 30.3 Å². The molecule has 0 saturated carbocycles. The zero-order chi connectivity index (χ0) is 28.2. The number of fused-ring (bicyclic) bond motifs is 1. The number of rotatable bonds is 6. The molecule has 0 aliphatic rings. The molecule has 0 aliphatic heterocycles. The molecule has 0 bridgehead atoms. The Kier molecular flexibility index (Phi) is 7.14. The summed E-state index contributed by atoms with van der Waals surface area (Å²) in [5, 5.41) is 24.7. The summed E-state index contributed by atoms with van der Waals surface area (Å²) in [7, 11) is 1.48. The monoisotopic (exact) mass is 545 g/mol. The molecule has 0 fully saturated rings. The van der Waals surface area contributed by atoms with Crippen LogP contribution < -0.4 is 15.4 Å². The first-order chi connectivity index (χ1) is 19.4. The lowest BCUT2D eigenvalue weighted by Crippen LogP contribution is -2.14. The molecule has 0 radical (unpaired) electrons. The Morgan fingerprint density at radius 2 is 1.73 bits per heavy atom. The van der Waals surface area contributed by atoms with Gasteiger partial charge in [0, 0.05) is 35.5 Å². The van der Waals surface area contributed by atoms with Crippen molar-refractivity contribution in [3.8, 4) is 40.3 Å². The highest BCUT2D eigenvalue weighted by atomic mass is 32.1. The number of thiazole rings is 1. The number of pyridine rings is 2. The number of carbonyl (C=O) groups is 2. The molecule has 3 aromatic heterocycles. The smallest absolute Gasteiger partial charge is 0.259 e. The molecule has 10 nitrogen and oxygen atoms in total. The molecule has 40 heavy (non-hydrogen) atoms. The van der Waals surface area contributed by atoms with Crippen molar-refractivity contribution in [2.75, 3.05) is 17.7 Å². The van der Waals surface area contributed by atoms with E-state index in [0.29, 0.717) is 49.3 Å². The SMILES string of the molecule is COc1ccc(C#N)cc1-c1cc(C#N)ncc1C(=O)Nc1nc2ccc(-c3ccc(NC(C)=O)cc3)nc2s1. The van der Waals surface area contributed by atoms with Crippen molar-refractivity contribution in [1.82, 2.24) is 15.0 Å². The predicted octanol–water partition coefficient (Wildman–Crippen LogP) is 5.38. The van der Waals surface area contributed by atoms with Gasteiger partial charge in [0.1, 0.15) is 27.9 Å². The first-order valence-corrected chi connectivity index (χ1v) is 12.7. The Morgan fingerprint density at radius 1 is 0.925 bits per heavy atom. The molecule has 0 atom stereocenters. The van der Waals surface area contributed by atoms with Gasteiger partial charge in [0.15, 0.2) is 5.13 Å². The second-order valence-electron chi connectivity index (χ2n) is 8.51. The average molecular weight is 546 g/mol. The summed E-state index contributed by atoms with van der Waals surface area (Å²) in [6.07, 6.45) is 1.32. The molecule has 0 aliphatic carbocycles. The van der Waals surface area contributed by atoms with Crippen LogP contribution in [0, 0.1) is 22.7 Å². The van der Waals surface area contributed by atoms with Crippen molar-refractivity contribution >= 4 is 44.3 Å². The Hall–Kier alpha value is -5.65. The van der Waals surface area contributed by atoms with Gasteiger partial charge in [-0.2, -0.15) is 10.5 Å². The van der Waals surface area contributed by atoms with E-state index in [1.165, 1.54) is 37.6 Å². The number of ether oxygens (including phenoxy) is 1. The van der Waals surface area contributed by atoms with E-state index in [2.05, 4.69) is 31.7 Å². The summed E-state index contributed by atoms with van der Waals surface area (Å²) >= 11 is 1.21. The number of hydrogen-bond donors (Lipinski definition) is 2. The minimum absolute atomic E-state index is 0.109. The van der Waals surface area contributed by atoms with Gasteiger partial charge < -0.3 is 10.1 Å². The van der Waals surface area contributed by atoms with Crippen molar-refractivity contribution < 1.29 is 14.3 Å². The highest BCUT2D eigenvalue weighted by Crippen LogP contribution is 2.35. The standard InChI is InChI=1S/C29H19N7O3S/c1-16(37)33-19-6-4-18(5-7-19)24-8-9-25-28(34-24)40-29(35-25)36-27(38)23-15-32-20(14-31)12-21(23)22-11-17(13-30)3-10-26(22)39-2/h3-12,15H,1-2H3,(H,33,37)(H,35,36,38). The van der Waals surface area contributed by atoms with Gasteiger partial charge in [-0.25, -0.2) is 15.0 Å². The highest BCUT2D eigenvalue weighted by Gasteiger charge is 2.20. The van der Waals surface area contributed by atoms with Crippen LogP contribution in [0.3, 0.4) is 0 Å². The first-order valence-electron chi connectivity index (χ1n) is 11.8. The molecule has 2 amide bonds. The van der Waals surface area contributed by atoms with Crippen LogP contribution >= 0.6 is 11.3 Å². The lowest BCUT2D eigenvalue weighted by atomic mass is 9.97. The number of benzene rings is 2. The second-order valence-corrected chi connectivity index (χ2v) is 9.48. The molecule has 0 unspecified atom stereocenters. The number of hydrogen-bond acceptors (Lipinski definition) is 9. The van der Waals surface area contributed by atoms with E-state index in [-0.39, 0.29) is 17.2 Å². The number of carbonyl (C=O) groups excluding carboxylic acids is 2. The van der Waals surface area contributed by atoms with Crippen LogP contribution in [-0.4, -0.2) is 33.9 Å². The molecule has 3 heterocycles. The van der Waals surface area contributed by atoms with Gasteiger partial charge in [-0.3, -0.25) is 14.9 Å². The molecule has 5 rings (SSSR count). The molecule has 2 N–H and O–H groups in total. The second kappa shape index (κ2) is 11.0. The summed E-state index contributed by atoms with van der Waals surface area (Å²) in [5.74, 6) is -0.209. The van der Waals surface area contributed by atoms with Gasteiger partial charge in [0.25, 0.3) is 5.91 Å². The molecule has 11 heteroatoms. The maximum atomic E-state index is 13.4. The molecular weight excluding hydrogens is 526 g/mol. The summed E-state index contributed by atoms with van der Waals surface area (Å²) in [6, 6.07) is 21.3. The Labute approximate surface area is 232 Å². The summed E-state index contributed by atoms with van der Waals surface area (Å²) < 4.78 is 5.46. The maximum Gasteiger partial charge on any atom is 0.259 e. The van der Waals surface area contributed by atoms with Gasteiger partial charge in [0.2, 0.25) is 5.91 Å². The number of methoxy groups -OCH3 is 1. The quantitative estimate of drug-likeness (QED) is 0.288. The van der Waals surface area contributed by atoms with Gasteiger partial charge in [-0.05, 0) is 48.5 Å². The van der Waals surface area contributed by atoms with Crippen molar-refractivity contribution in [3.63, 3.8) is 0 Å². The number of nitrogens with zero attached hydrogens (tertiary/aromatic N) is 5. The fourth-order valence-corrected chi connectivity index (χ4v) is 4.86. The van der Waals surface area contributed by atoms with E-state index < -0.39 is 5.91 Å². The lowest BCUT2D eigenvalue weighted by molar-refractivity contribution is -0.114. The minimum atomic E-state index is -0.496. The van der Waals surface area contributed by atoms with Gasteiger partial charge in [-0.1, -0.05) is 23.5 Å². The lowest BCUT2D eigenvalue weighted by Gasteiger charge is -2.13. The minimum Gasteiger partial charge on any atom is -0.496 e. The average Bonchev–Trinajstić information content (AvgIpc) is 3.38.